The first-order valence-corrected chi connectivity index (χ1v) is 4.31. The van der Waals surface area contributed by atoms with Crippen LogP contribution in [0.5, 0.6) is 0 Å². The van der Waals surface area contributed by atoms with Gasteiger partial charge >= 0.3 is 12.1 Å². The molecule has 0 amide bonds. The fourth-order valence-corrected chi connectivity index (χ4v) is 1.51. The van der Waals surface area contributed by atoms with Crippen molar-refractivity contribution in [2.75, 3.05) is 0 Å². The number of carboxylic acid groups (broad SMARTS) is 1. The number of benzene rings is 1. The summed E-state index contributed by atoms with van der Waals surface area (Å²) < 4.78 is 37.4. The quantitative estimate of drug-likeness (QED) is 0.789. The second-order valence-corrected chi connectivity index (χ2v) is 3.27. The van der Waals surface area contributed by atoms with E-state index in [1.165, 1.54) is 12.3 Å². The molecule has 1 aromatic heterocycles. The summed E-state index contributed by atoms with van der Waals surface area (Å²) in [5.41, 5.74) is -1.17. The van der Waals surface area contributed by atoms with Crippen molar-refractivity contribution >= 4 is 16.9 Å². The summed E-state index contributed by atoms with van der Waals surface area (Å²) in [5.74, 6) is -1.38. The highest BCUT2D eigenvalue weighted by molar-refractivity contribution is 6.03. The Labute approximate surface area is 87.5 Å². The van der Waals surface area contributed by atoms with Crippen LogP contribution in [0.1, 0.15) is 15.9 Å². The molecule has 2 N–H and O–H groups in total. The zero-order valence-corrected chi connectivity index (χ0v) is 7.80. The highest BCUT2D eigenvalue weighted by Crippen LogP contribution is 2.32. The van der Waals surface area contributed by atoms with E-state index in [2.05, 4.69) is 4.98 Å². The van der Waals surface area contributed by atoms with Crippen molar-refractivity contribution in [3.05, 3.63) is 35.5 Å². The molecule has 6 heteroatoms. The molecule has 1 aromatic carbocycles. The number of aromatic carboxylic acids is 1. The van der Waals surface area contributed by atoms with E-state index in [0.717, 1.165) is 6.07 Å². The van der Waals surface area contributed by atoms with Gasteiger partial charge in [0.1, 0.15) is 0 Å². The first kappa shape index (κ1) is 10.5. The van der Waals surface area contributed by atoms with Crippen LogP contribution in [-0.4, -0.2) is 16.1 Å². The van der Waals surface area contributed by atoms with Crippen molar-refractivity contribution in [1.29, 1.82) is 0 Å². The third-order valence-electron chi connectivity index (χ3n) is 2.23. The van der Waals surface area contributed by atoms with E-state index >= 15 is 0 Å². The van der Waals surface area contributed by atoms with E-state index in [-0.39, 0.29) is 16.5 Å². The molecule has 1 heterocycles. The second-order valence-electron chi connectivity index (χ2n) is 3.27. The van der Waals surface area contributed by atoms with Gasteiger partial charge in [-0.1, -0.05) is 0 Å². The molecule has 0 saturated carbocycles. The lowest BCUT2D eigenvalue weighted by atomic mass is 10.1. The van der Waals surface area contributed by atoms with Gasteiger partial charge in [-0.15, -0.1) is 0 Å². The summed E-state index contributed by atoms with van der Waals surface area (Å²) >= 11 is 0. The van der Waals surface area contributed by atoms with Gasteiger partial charge in [-0.25, -0.2) is 4.79 Å². The van der Waals surface area contributed by atoms with Gasteiger partial charge in [0.25, 0.3) is 0 Å². The minimum absolute atomic E-state index is 0.159. The molecular formula is C10H6F3NO2. The summed E-state index contributed by atoms with van der Waals surface area (Å²) in [5, 5.41) is 9.07. The Hall–Kier alpha value is -1.98. The number of carboxylic acids is 1. The highest BCUT2D eigenvalue weighted by Gasteiger charge is 2.32. The maximum atomic E-state index is 12.5. The predicted molar refractivity (Wildman–Crippen MR) is 50.3 cm³/mol. The number of aromatic nitrogens is 1. The first-order chi connectivity index (χ1) is 7.39. The summed E-state index contributed by atoms with van der Waals surface area (Å²) in [6, 6.07) is 2.96. The average Bonchev–Trinajstić information content (AvgIpc) is 2.61. The number of hydrogen-bond acceptors (Lipinski definition) is 1. The molecule has 0 atom stereocenters. The van der Waals surface area contributed by atoms with Gasteiger partial charge < -0.3 is 10.1 Å². The molecule has 2 rings (SSSR count). The smallest absolute Gasteiger partial charge is 0.416 e. The first-order valence-electron chi connectivity index (χ1n) is 4.31. The number of alkyl halides is 3. The molecule has 0 unspecified atom stereocenters. The van der Waals surface area contributed by atoms with Crippen LogP contribution in [0.4, 0.5) is 13.2 Å². The Morgan fingerprint density at radius 1 is 1.31 bits per heavy atom. The Morgan fingerprint density at radius 2 is 2.00 bits per heavy atom. The predicted octanol–water partition coefficient (Wildman–Crippen LogP) is 2.88. The third-order valence-corrected chi connectivity index (χ3v) is 2.23. The third kappa shape index (κ3) is 1.62. The van der Waals surface area contributed by atoms with E-state index < -0.39 is 17.7 Å². The molecule has 0 aliphatic rings. The number of rotatable bonds is 1. The Balaban J connectivity index is 2.76. The van der Waals surface area contributed by atoms with Gasteiger partial charge in [0.2, 0.25) is 0 Å². The lowest BCUT2D eigenvalue weighted by Gasteiger charge is -2.08. The standard InChI is InChI=1S/C10H6F3NO2/c11-10(12,13)5-3-7(9(15)16)6-1-2-14-8(6)4-5/h1-4,14H,(H,15,16). The van der Waals surface area contributed by atoms with Crippen molar-refractivity contribution < 1.29 is 23.1 Å². The van der Waals surface area contributed by atoms with Crippen LogP contribution in [0.2, 0.25) is 0 Å². The van der Waals surface area contributed by atoms with Crippen LogP contribution in [0.3, 0.4) is 0 Å². The van der Waals surface area contributed by atoms with Gasteiger partial charge in [0.05, 0.1) is 11.1 Å². The molecule has 2 aromatic rings. The van der Waals surface area contributed by atoms with Crippen LogP contribution >= 0.6 is 0 Å². The number of carbonyl (C=O) groups is 1. The van der Waals surface area contributed by atoms with Crippen LogP contribution in [0.15, 0.2) is 24.4 Å². The van der Waals surface area contributed by atoms with Crippen LogP contribution < -0.4 is 0 Å². The maximum absolute atomic E-state index is 12.5. The van der Waals surface area contributed by atoms with Crippen LogP contribution in [0, 0.1) is 0 Å². The minimum atomic E-state index is -4.55. The Kier molecular flexibility index (Phi) is 2.15. The number of H-pyrrole nitrogens is 1. The zero-order chi connectivity index (χ0) is 11.9. The summed E-state index contributed by atoms with van der Waals surface area (Å²) in [6.07, 6.45) is -3.15. The van der Waals surface area contributed by atoms with Crippen molar-refractivity contribution in [3.8, 4) is 0 Å². The van der Waals surface area contributed by atoms with Crippen molar-refractivity contribution in [2.24, 2.45) is 0 Å². The topological polar surface area (TPSA) is 53.1 Å². The minimum Gasteiger partial charge on any atom is -0.478 e. The van der Waals surface area contributed by atoms with E-state index in [1.807, 2.05) is 0 Å². The lowest BCUT2D eigenvalue weighted by Crippen LogP contribution is -2.07. The molecule has 0 radical (unpaired) electrons. The average molecular weight is 229 g/mol. The van der Waals surface area contributed by atoms with Gasteiger partial charge in [-0.2, -0.15) is 13.2 Å². The van der Waals surface area contributed by atoms with Gasteiger partial charge in [0.15, 0.2) is 0 Å². The Morgan fingerprint density at radius 3 is 2.56 bits per heavy atom. The number of hydrogen-bond donors (Lipinski definition) is 2. The van der Waals surface area contributed by atoms with Gasteiger partial charge in [-0.05, 0) is 18.2 Å². The van der Waals surface area contributed by atoms with E-state index in [0.29, 0.717) is 6.07 Å². The number of nitrogens with one attached hydrogen (secondary N) is 1. The molecule has 0 aliphatic heterocycles. The Bertz CT molecular complexity index is 557. The van der Waals surface area contributed by atoms with Crippen LogP contribution in [-0.2, 0) is 6.18 Å². The van der Waals surface area contributed by atoms with Crippen molar-refractivity contribution in [1.82, 2.24) is 4.98 Å². The normalized spacial score (nSPS) is 11.9. The molecule has 0 spiro atoms. The molecule has 16 heavy (non-hydrogen) atoms. The molecule has 0 saturated heterocycles. The maximum Gasteiger partial charge on any atom is 0.416 e. The lowest BCUT2D eigenvalue weighted by molar-refractivity contribution is -0.137. The number of halogens is 3. The fraction of sp³-hybridized carbons (Fsp3) is 0.100. The summed E-state index contributed by atoms with van der Waals surface area (Å²) in [6.45, 7) is 0. The SMILES string of the molecule is O=C(O)c1cc(C(F)(F)F)cc2[nH]ccc12. The van der Waals surface area contributed by atoms with Crippen LogP contribution in [0.25, 0.3) is 10.9 Å². The van der Waals surface area contributed by atoms with E-state index in [4.69, 9.17) is 5.11 Å². The zero-order valence-electron chi connectivity index (χ0n) is 7.80. The molecule has 84 valence electrons. The van der Waals surface area contributed by atoms with E-state index in [9.17, 15) is 18.0 Å². The molecular weight excluding hydrogens is 223 g/mol. The number of fused-ring (bicyclic) bond motifs is 1. The monoisotopic (exact) mass is 229 g/mol. The van der Waals surface area contributed by atoms with Crippen molar-refractivity contribution in [2.45, 2.75) is 6.18 Å². The van der Waals surface area contributed by atoms with E-state index in [1.54, 1.807) is 0 Å². The molecule has 0 aliphatic carbocycles. The second kappa shape index (κ2) is 3.26. The highest BCUT2D eigenvalue weighted by atomic mass is 19.4. The molecule has 0 fully saturated rings. The van der Waals surface area contributed by atoms with Gasteiger partial charge in [-0.3, -0.25) is 0 Å². The largest absolute Gasteiger partial charge is 0.478 e. The summed E-state index contributed by atoms with van der Waals surface area (Å²) in [7, 11) is 0. The fourth-order valence-electron chi connectivity index (χ4n) is 1.51. The van der Waals surface area contributed by atoms with Crippen molar-refractivity contribution in [3.63, 3.8) is 0 Å². The number of aromatic amines is 1. The van der Waals surface area contributed by atoms with Gasteiger partial charge in [0, 0.05) is 17.1 Å². The summed E-state index contributed by atoms with van der Waals surface area (Å²) in [4.78, 5) is 13.4. The molecule has 0 bridgehead atoms. The molecule has 3 nitrogen and oxygen atoms in total.